The van der Waals surface area contributed by atoms with Crippen molar-refractivity contribution in [2.45, 2.75) is 116 Å². The molecule has 2 aromatic carbocycles. The summed E-state index contributed by atoms with van der Waals surface area (Å²) in [6.07, 6.45) is 2.11. The topological polar surface area (TPSA) is 190 Å². The Bertz CT molecular complexity index is 1740. The lowest BCUT2D eigenvalue weighted by Gasteiger charge is -2.35. The molecule has 0 bridgehead atoms. The highest BCUT2D eigenvalue weighted by Gasteiger charge is 2.44. The number of amides is 4. The molecule has 0 aliphatic carbocycles. The van der Waals surface area contributed by atoms with Crippen LogP contribution in [0.15, 0.2) is 48.0 Å². The van der Waals surface area contributed by atoms with E-state index in [4.69, 9.17) is 16.2 Å². The molecule has 4 rings (SSSR count). The maximum Gasteiger partial charge on any atom is 0.246 e. The minimum atomic E-state index is -0.925. The van der Waals surface area contributed by atoms with Gasteiger partial charge in [-0.1, -0.05) is 63.6 Å². The quantitative estimate of drug-likeness (QED) is 0.115. The maximum absolute atomic E-state index is 15.1. The van der Waals surface area contributed by atoms with Crippen molar-refractivity contribution in [3.05, 3.63) is 70.6 Å². The van der Waals surface area contributed by atoms with Crippen LogP contribution in [0.5, 0.6) is 5.75 Å². The number of halogens is 1. The van der Waals surface area contributed by atoms with E-state index in [-0.39, 0.29) is 56.0 Å². The van der Waals surface area contributed by atoms with Crippen LogP contribution in [0, 0.1) is 18.2 Å². The van der Waals surface area contributed by atoms with Crippen molar-refractivity contribution in [2.24, 2.45) is 16.9 Å². The molecule has 2 heterocycles. The summed E-state index contributed by atoms with van der Waals surface area (Å²) < 4.78 is 20.6. The number of β-amino-alcohol motifs (C(OH)–C–C–N with tert-alkyl or cyclic N) is 1. The number of nitrogens with two attached hydrogens (primary N) is 2. The normalized spacial score (nSPS) is 17.4. The Kier molecular flexibility index (Phi) is 15.1. The molecule has 294 valence electrons. The van der Waals surface area contributed by atoms with Crippen molar-refractivity contribution < 1.29 is 33.4 Å². The third kappa shape index (κ3) is 11.8. The van der Waals surface area contributed by atoms with Gasteiger partial charge in [0.15, 0.2) is 11.6 Å². The molecular formula is C40H55FN6O6S. The molecule has 14 heteroatoms. The van der Waals surface area contributed by atoms with Crippen LogP contribution in [0.3, 0.4) is 0 Å². The molecule has 1 aliphatic heterocycles. The monoisotopic (exact) mass is 766 g/mol. The van der Waals surface area contributed by atoms with Gasteiger partial charge in [0.25, 0.3) is 0 Å². The van der Waals surface area contributed by atoms with E-state index in [0.717, 1.165) is 21.7 Å². The average molecular weight is 767 g/mol. The minimum absolute atomic E-state index is 0.0124. The van der Waals surface area contributed by atoms with Crippen molar-refractivity contribution in [1.82, 2.24) is 20.5 Å². The zero-order chi connectivity index (χ0) is 39.6. The Morgan fingerprint density at radius 2 is 1.80 bits per heavy atom. The maximum atomic E-state index is 15.1. The highest BCUT2D eigenvalue weighted by atomic mass is 32.1. The van der Waals surface area contributed by atoms with Crippen molar-refractivity contribution in [2.75, 3.05) is 13.2 Å². The van der Waals surface area contributed by atoms with E-state index in [9.17, 15) is 24.3 Å². The number of hydrogen-bond donors (Lipinski definition) is 5. The second kappa shape index (κ2) is 19.3. The summed E-state index contributed by atoms with van der Waals surface area (Å²) in [7, 11) is 0. The molecule has 0 spiro atoms. The number of likely N-dealkylation sites (tertiary alicyclic amines) is 1. The van der Waals surface area contributed by atoms with Crippen LogP contribution < -0.4 is 26.8 Å². The zero-order valence-electron chi connectivity index (χ0n) is 31.9. The summed E-state index contributed by atoms with van der Waals surface area (Å²) in [5.74, 6) is -1.92. The van der Waals surface area contributed by atoms with Gasteiger partial charge in [0.1, 0.15) is 18.7 Å². The molecule has 54 heavy (non-hydrogen) atoms. The number of nitrogens with zero attached hydrogens (tertiary/aromatic N) is 2. The third-order valence-corrected chi connectivity index (χ3v) is 10.6. The number of nitrogens with one attached hydrogen (secondary N) is 2. The molecule has 1 aromatic heterocycles. The number of aliphatic hydroxyl groups excluding tert-OH is 1. The predicted octanol–water partition coefficient (Wildman–Crippen LogP) is 4.70. The SMILES string of the molecule is Cc1ncsc1-c1ccc([C@H](C)NC(=O)[C@@H]2C[C@@H](O)CN2C(=O)[C@@H](NC(=O)CCCCCc2cccc(OC[C@@H](N)CCC(N)=O)c2F)C(C)(C)C)cc1. The van der Waals surface area contributed by atoms with E-state index in [0.29, 0.717) is 37.7 Å². The average Bonchev–Trinajstić information content (AvgIpc) is 3.74. The lowest BCUT2D eigenvalue weighted by Crippen LogP contribution is -2.57. The van der Waals surface area contributed by atoms with Crippen LogP contribution in [-0.2, 0) is 25.6 Å². The van der Waals surface area contributed by atoms with Crippen LogP contribution in [0.2, 0.25) is 0 Å². The van der Waals surface area contributed by atoms with Crippen molar-refractivity contribution >= 4 is 35.0 Å². The Morgan fingerprint density at radius 3 is 2.44 bits per heavy atom. The molecular weight excluding hydrogens is 712 g/mol. The Balaban J connectivity index is 1.27. The summed E-state index contributed by atoms with van der Waals surface area (Å²) in [4.78, 5) is 58.5. The molecule has 3 aromatic rings. The molecule has 4 amide bonds. The first-order valence-corrected chi connectivity index (χ1v) is 19.5. The van der Waals surface area contributed by atoms with E-state index >= 15 is 4.39 Å². The Morgan fingerprint density at radius 1 is 1.07 bits per heavy atom. The lowest BCUT2D eigenvalue weighted by atomic mass is 9.85. The van der Waals surface area contributed by atoms with Gasteiger partial charge in [-0.25, -0.2) is 9.37 Å². The fraction of sp³-hybridized carbons (Fsp3) is 0.525. The van der Waals surface area contributed by atoms with Gasteiger partial charge in [0.2, 0.25) is 23.6 Å². The first-order chi connectivity index (χ1) is 25.5. The second-order valence-corrected chi connectivity index (χ2v) is 16.1. The van der Waals surface area contributed by atoms with Crippen LogP contribution >= 0.6 is 11.3 Å². The van der Waals surface area contributed by atoms with E-state index in [1.54, 1.807) is 23.5 Å². The number of aryl methyl sites for hydroxylation is 2. The van der Waals surface area contributed by atoms with Crippen LogP contribution in [0.25, 0.3) is 10.4 Å². The summed E-state index contributed by atoms with van der Waals surface area (Å²) in [5.41, 5.74) is 15.6. The number of thiazole rings is 1. The molecule has 12 nitrogen and oxygen atoms in total. The Labute approximate surface area is 321 Å². The molecule has 1 fully saturated rings. The summed E-state index contributed by atoms with van der Waals surface area (Å²) in [6, 6.07) is 10.2. The lowest BCUT2D eigenvalue weighted by molar-refractivity contribution is -0.144. The summed E-state index contributed by atoms with van der Waals surface area (Å²) in [6.45, 7) is 9.41. The van der Waals surface area contributed by atoms with Gasteiger partial charge in [0, 0.05) is 31.8 Å². The number of hydrogen-bond acceptors (Lipinski definition) is 9. The molecule has 0 saturated carbocycles. The number of benzene rings is 2. The minimum Gasteiger partial charge on any atom is -0.489 e. The third-order valence-electron chi connectivity index (χ3n) is 9.67. The van der Waals surface area contributed by atoms with Crippen LogP contribution in [0.4, 0.5) is 4.39 Å². The largest absolute Gasteiger partial charge is 0.489 e. The summed E-state index contributed by atoms with van der Waals surface area (Å²) >= 11 is 1.57. The molecule has 0 unspecified atom stereocenters. The van der Waals surface area contributed by atoms with Crippen molar-refractivity contribution in [3.8, 4) is 16.2 Å². The first kappa shape index (κ1) is 42.3. The van der Waals surface area contributed by atoms with Gasteiger partial charge in [-0.05, 0) is 67.7 Å². The first-order valence-electron chi connectivity index (χ1n) is 18.6. The standard InChI is InChI=1S/C40H55FN6O6S/c1-24(26-14-16-28(17-15-26)36-25(2)44-23-54-36)45-38(51)31-20-30(48)21-47(31)39(52)37(40(3,4)5)46-34(50)13-8-6-7-10-27-11-9-12-32(35(27)41)53-22-29(42)18-19-33(43)49/h9,11-12,14-17,23-24,29-31,37,48H,6-8,10,13,18-22,42H2,1-5H3,(H2,43,49)(H,45,51)(H,46,50)/t24-,29-,30+,31-,37+/m0/s1. The fourth-order valence-corrected chi connectivity index (χ4v) is 7.31. The van der Waals surface area contributed by atoms with E-state index in [2.05, 4.69) is 15.6 Å². The van der Waals surface area contributed by atoms with Gasteiger partial charge in [-0.15, -0.1) is 11.3 Å². The highest BCUT2D eigenvalue weighted by molar-refractivity contribution is 7.13. The van der Waals surface area contributed by atoms with Crippen molar-refractivity contribution in [3.63, 3.8) is 0 Å². The fourth-order valence-electron chi connectivity index (χ4n) is 6.49. The van der Waals surface area contributed by atoms with Gasteiger partial charge >= 0.3 is 0 Å². The number of aromatic nitrogens is 1. The molecule has 5 atom stereocenters. The van der Waals surface area contributed by atoms with Gasteiger partial charge in [0.05, 0.1) is 28.2 Å². The van der Waals surface area contributed by atoms with Gasteiger partial charge in [-0.2, -0.15) is 0 Å². The van der Waals surface area contributed by atoms with Gasteiger partial charge in [-0.3, -0.25) is 19.2 Å². The predicted molar refractivity (Wildman–Crippen MR) is 207 cm³/mol. The number of unbranched alkanes of at least 4 members (excludes halogenated alkanes) is 2. The number of rotatable bonds is 18. The summed E-state index contributed by atoms with van der Waals surface area (Å²) in [5, 5.41) is 16.5. The molecule has 1 aliphatic rings. The van der Waals surface area contributed by atoms with E-state index in [1.807, 2.05) is 64.4 Å². The van der Waals surface area contributed by atoms with Gasteiger partial charge < -0.3 is 36.8 Å². The van der Waals surface area contributed by atoms with Crippen LogP contribution in [-0.4, -0.2) is 76.0 Å². The Hall–Kier alpha value is -4.40. The number of carbonyl (C=O) groups is 4. The molecule has 7 N–H and O–H groups in total. The number of carbonyl (C=O) groups excluding carboxylic acids is 4. The van der Waals surface area contributed by atoms with Crippen molar-refractivity contribution in [1.29, 1.82) is 0 Å². The number of aliphatic hydroxyl groups is 1. The van der Waals surface area contributed by atoms with Crippen LogP contribution in [0.1, 0.15) is 95.5 Å². The molecule has 0 radical (unpaired) electrons. The van der Waals surface area contributed by atoms with E-state index < -0.39 is 47.3 Å². The number of ether oxygens (including phenoxy) is 1. The second-order valence-electron chi connectivity index (χ2n) is 15.2. The van der Waals surface area contributed by atoms with E-state index in [1.165, 1.54) is 11.0 Å². The smallest absolute Gasteiger partial charge is 0.246 e. The number of primary amides is 1. The highest BCUT2D eigenvalue weighted by Crippen LogP contribution is 2.30. The zero-order valence-corrected chi connectivity index (χ0v) is 32.7. The molecule has 1 saturated heterocycles.